The van der Waals surface area contributed by atoms with Crippen LogP contribution in [0.1, 0.15) is 31.2 Å². The third kappa shape index (κ3) is 4.01. The number of oxazole rings is 1. The van der Waals surface area contributed by atoms with E-state index in [1.165, 1.54) is 10.6 Å². The van der Waals surface area contributed by atoms with Gasteiger partial charge in [0.25, 0.3) is 0 Å². The summed E-state index contributed by atoms with van der Waals surface area (Å²) in [4.78, 5) is 4.11. The molecule has 0 spiro atoms. The zero-order chi connectivity index (χ0) is 18.7. The molecule has 0 aliphatic heterocycles. The Morgan fingerprint density at radius 2 is 1.93 bits per heavy atom. The molecular weight excluding hydrogens is 370 g/mol. The van der Waals surface area contributed by atoms with E-state index in [1.807, 2.05) is 24.3 Å². The molecule has 4 rings (SSSR count). The second-order valence-corrected chi connectivity index (χ2v) is 7.99. The number of hydrogen-bond donors (Lipinski definition) is 1. The van der Waals surface area contributed by atoms with E-state index >= 15 is 0 Å². The van der Waals surface area contributed by atoms with Crippen molar-refractivity contribution in [2.75, 3.05) is 4.72 Å². The van der Waals surface area contributed by atoms with Gasteiger partial charge in [0.1, 0.15) is 6.26 Å². The largest absolute Gasteiger partial charge is 0.445 e. The summed E-state index contributed by atoms with van der Waals surface area (Å²) in [6, 6.07) is 7.29. The van der Waals surface area contributed by atoms with Crippen LogP contribution in [-0.4, -0.2) is 33.9 Å². The van der Waals surface area contributed by atoms with Crippen LogP contribution in [0.5, 0.6) is 0 Å². The number of nitrogens with one attached hydrogen (secondary N) is 1. The van der Waals surface area contributed by atoms with Gasteiger partial charge in [-0.3, -0.25) is 0 Å². The molecule has 142 valence electrons. The third-order valence-electron chi connectivity index (χ3n) is 4.59. The monoisotopic (exact) mass is 389 g/mol. The lowest BCUT2D eigenvalue weighted by atomic mass is 10.1. The van der Waals surface area contributed by atoms with Gasteiger partial charge < -0.3 is 8.83 Å². The zero-order valence-electron chi connectivity index (χ0n) is 14.5. The number of benzene rings is 1. The molecule has 1 N–H and O–H groups in total. The van der Waals surface area contributed by atoms with Gasteiger partial charge in [0.15, 0.2) is 0 Å². The summed E-state index contributed by atoms with van der Waals surface area (Å²) in [6.45, 7) is 0.250. The Morgan fingerprint density at radius 3 is 2.56 bits per heavy atom. The SMILES string of the molecule is O=S(=O)(Nc1nnco1)N(Cc1ccc(-c2ncco2)cc1)C1CCCC1. The highest BCUT2D eigenvalue weighted by Gasteiger charge is 2.33. The summed E-state index contributed by atoms with van der Waals surface area (Å²) in [5, 5.41) is 7.11. The van der Waals surface area contributed by atoms with Gasteiger partial charge in [-0.2, -0.15) is 12.7 Å². The predicted octanol–water partition coefficient (Wildman–Crippen LogP) is 2.83. The van der Waals surface area contributed by atoms with Gasteiger partial charge in [-0.1, -0.05) is 30.1 Å². The number of nitrogens with zero attached hydrogens (tertiary/aromatic N) is 4. The maximum Gasteiger partial charge on any atom is 0.330 e. The minimum atomic E-state index is -3.82. The van der Waals surface area contributed by atoms with Crippen LogP contribution >= 0.6 is 0 Å². The van der Waals surface area contributed by atoms with Gasteiger partial charge in [0, 0.05) is 18.2 Å². The van der Waals surface area contributed by atoms with E-state index in [2.05, 4.69) is 19.9 Å². The second kappa shape index (κ2) is 7.49. The lowest BCUT2D eigenvalue weighted by Gasteiger charge is -2.27. The lowest BCUT2D eigenvalue weighted by molar-refractivity contribution is 0.318. The van der Waals surface area contributed by atoms with E-state index in [1.54, 1.807) is 6.20 Å². The first-order valence-corrected chi connectivity index (χ1v) is 10.1. The average Bonchev–Trinajstić information content (AvgIpc) is 3.42. The van der Waals surface area contributed by atoms with Crippen LogP contribution in [-0.2, 0) is 16.8 Å². The van der Waals surface area contributed by atoms with Gasteiger partial charge in [-0.15, -0.1) is 5.10 Å². The van der Waals surface area contributed by atoms with Crippen LogP contribution in [0.2, 0.25) is 0 Å². The molecule has 0 radical (unpaired) electrons. The van der Waals surface area contributed by atoms with Crippen molar-refractivity contribution < 1.29 is 17.3 Å². The minimum Gasteiger partial charge on any atom is -0.445 e. The Hall–Kier alpha value is -2.72. The van der Waals surface area contributed by atoms with E-state index in [9.17, 15) is 8.42 Å². The fourth-order valence-corrected chi connectivity index (χ4v) is 4.64. The fraction of sp³-hybridized carbons (Fsp3) is 0.353. The van der Waals surface area contributed by atoms with E-state index < -0.39 is 10.2 Å². The van der Waals surface area contributed by atoms with Crippen molar-refractivity contribution in [2.24, 2.45) is 0 Å². The number of aromatic nitrogens is 3. The highest BCUT2D eigenvalue weighted by Crippen LogP contribution is 2.28. The molecule has 2 aromatic heterocycles. The molecule has 0 amide bonds. The van der Waals surface area contributed by atoms with Crippen molar-refractivity contribution >= 4 is 16.2 Å². The first kappa shape index (κ1) is 17.7. The third-order valence-corrected chi connectivity index (χ3v) is 6.07. The van der Waals surface area contributed by atoms with Crippen molar-refractivity contribution in [3.63, 3.8) is 0 Å². The van der Waals surface area contributed by atoms with Crippen LogP contribution in [0.3, 0.4) is 0 Å². The summed E-state index contributed by atoms with van der Waals surface area (Å²) in [6.07, 6.45) is 7.87. The van der Waals surface area contributed by atoms with Crippen molar-refractivity contribution in [1.82, 2.24) is 19.5 Å². The highest BCUT2D eigenvalue weighted by atomic mass is 32.2. The van der Waals surface area contributed by atoms with Crippen LogP contribution in [0.25, 0.3) is 11.5 Å². The van der Waals surface area contributed by atoms with Gasteiger partial charge in [0.2, 0.25) is 12.3 Å². The maximum atomic E-state index is 12.9. The van der Waals surface area contributed by atoms with Crippen LogP contribution in [0.15, 0.2) is 52.0 Å². The quantitative estimate of drug-likeness (QED) is 0.661. The standard InChI is InChI=1S/C17H19N5O4S/c23-27(24,21-17-20-19-12-26-17)22(15-3-1-2-4-15)11-13-5-7-14(8-6-13)16-18-9-10-25-16/h5-10,12,15H,1-4,11H2,(H,20,21). The molecule has 1 fully saturated rings. The Kier molecular flexibility index (Phi) is 4.90. The molecule has 9 nitrogen and oxygen atoms in total. The summed E-state index contributed by atoms with van der Waals surface area (Å²) >= 11 is 0. The first-order valence-electron chi connectivity index (χ1n) is 8.66. The summed E-state index contributed by atoms with van der Waals surface area (Å²) in [5.41, 5.74) is 1.70. The fourth-order valence-electron chi connectivity index (χ4n) is 3.29. The molecule has 1 aromatic carbocycles. The van der Waals surface area contributed by atoms with Crippen molar-refractivity contribution in [2.45, 2.75) is 38.3 Å². The molecule has 10 heteroatoms. The van der Waals surface area contributed by atoms with Crippen LogP contribution in [0.4, 0.5) is 6.01 Å². The topological polar surface area (TPSA) is 114 Å². The van der Waals surface area contributed by atoms with E-state index in [0.717, 1.165) is 43.2 Å². The summed E-state index contributed by atoms with van der Waals surface area (Å²) < 4.78 is 39.9. The average molecular weight is 389 g/mol. The van der Waals surface area contributed by atoms with Crippen molar-refractivity contribution in [1.29, 1.82) is 0 Å². The predicted molar refractivity (Wildman–Crippen MR) is 96.6 cm³/mol. The van der Waals surface area contributed by atoms with Crippen molar-refractivity contribution in [3.05, 3.63) is 48.7 Å². The summed E-state index contributed by atoms with van der Waals surface area (Å²) in [5.74, 6) is 0.528. The Balaban J connectivity index is 1.56. The highest BCUT2D eigenvalue weighted by molar-refractivity contribution is 7.90. The van der Waals surface area contributed by atoms with Gasteiger partial charge in [-0.25, -0.2) is 9.71 Å². The van der Waals surface area contributed by atoms with Gasteiger partial charge in [-0.05, 0) is 30.5 Å². The van der Waals surface area contributed by atoms with Gasteiger partial charge >= 0.3 is 16.2 Å². The first-order chi connectivity index (χ1) is 13.1. The molecule has 3 aromatic rings. The molecule has 27 heavy (non-hydrogen) atoms. The van der Waals surface area contributed by atoms with Crippen LogP contribution in [0, 0.1) is 0 Å². The smallest absolute Gasteiger partial charge is 0.330 e. The van der Waals surface area contributed by atoms with Crippen molar-refractivity contribution in [3.8, 4) is 11.5 Å². The number of hydrogen-bond acceptors (Lipinski definition) is 7. The molecule has 0 saturated heterocycles. The molecular formula is C17H19N5O4S. The van der Waals surface area contributed by atoms with Gasteiger partial charge in [0.05, 0.1) is 6.20 Å². The number of anilines is 1. The maximum absolute atomic E-state index is 12.9. The number of rotatable bonds is 7. The van der Waals surface area contributed by atoms with Crippen LogP contribution < -0.4 is 4.72 Å². The van der Waals surface area contributed by atoms with E-state index in [0.29, 0.717) is 5.89 Å². The molecule has 0 atom stereocenters. The summed E-state index contributed by atoms with van der Waals surface area (Å²) in [7, 11) is -3.82. The molecule has 2 heterocycles. The van der Waals surface area contributed by atoms with E-state index in [-0.39, 0.29) is 18.6 Å². The minimum absolute atomic E-state index is 0.0585. The Morgan fingerprint density at radius 1 is 1.15 bits per heavy atom. The molecule has 1 saturated carbocycles. The lowest BCUT2D eigenvalue weighted by Crippen LogP contribution is -2.41. The molecule has 0 bridgehead atoms. The molecule has 1 aliphatic carbocycles. The zero-order valence-corrected chi connectivity index (χ0v) is 15.3. The molecule has 0 unspecified atom stereocenters. The normalized spacial score (nSPS) is 15.4. The Bertz CT molecular complexity index is 949. The molecule has 1 aliphatic rings. The van der Waals surface area contributed by atoms with E-state index in [4.69, 9.17) is 8.83 Å². The second-order valence-electron chi connectivity index (χ2n) is 6.37. The Labute approximate surface area is 156 Å².